The van der Waals surface area contributed by atoms with Gasteiger partial charge in [-0.05, 0) is 44.2 Å². The minimum Gasteiger partial charge on any atom is -0.314 e. The Hall–Kier alpha value is -0.755. The predicted molar refractivity (Wildman–Crippen MR) is 83.3 cm³/mol. The van der Waals surface area contributed by atoms with Gasteiger partial charge in [0, 0.05) is 6.04 Å². The molecule has 100 valence electrons. The highest BCUT2D eigenvalue weighted by Gasteiger charge is 2.17. The summed E-state index contributed by atoms with van der Waals surface area (Å²) in [6.07, 6.45) is 3.95. The van der Waals surface area contributed by atoms with E-state index >= 15 is 0 Å². The van der Waals surface area contributed by atoms with Gasteiger partial charge in [-0.2, -0.15) is 0 Å². The molecule has 1 aliphatic rings. The van der Waals surface area contributed by atoms with Crippen LogP contribution in [0, 0.1) is 5.92 Å². The average Bonchev–Trinajstić information content (AvgIpc) is 2.47. The lowest BCUT2D eigenvalue weighted by Crippen LogP contribution is -2.37. The minimum atomic E-state index is 0.724. The predicted octanol–water partition coefficient (Wildman–Crippen LogP) is 3.85. The smallest absolute Gasteiger partial charge is 0.0606 e. The summed E-state index contributed by atoms with van der Waals surface area (Å²) < 4.78 is 0. The molecule has 1 N–H and O–H groups in total. The summed E-state index contributed by atoms with van der Waals surface area (Å²) in [4.78, 5) is 0. The highest BCUT2D eigenvalue weighted by atomic mass is 14.9. The lowest BCUT2D eigenvalue weighted by Gasteiger charge is -2.27. The van der Waals surface area contributed by atoms with Crippen LogP contribution in [0.2, 0.25) is 6.82 Å². The van der Waals surface area contributed by atoms with Gasteiger partial charge in [0.1, 0.15) is 0 Å². The Labute approximate surface area is 115 Å². The van der Waals surface area contributed by atoms with Crippen LogP contribution >= 0.6 is 0 Å². The van der Waals surface area contributed by atoms with Gasteiger partial charge in [-0.3, -0.25) is 0 Å². The number of benzene rings is 1. The van der Waals surface area contributed by atoms with E-state index in [2.05, 4.69) is 50.4 Å². The highest BCUT2D eigenvalue weighted by molar-refractivity contribution is 6.05. The molecule has 2 heteroatoms. The maximum atomic E-state index is 4.50. The number of nitrogens with one attached hydrogen (secondary N) is 1. The second kappa shape index (κ2) is 11.3. The zero-order chi connectivity index (χ0) is 13.8. The number of hydrogen-bond acceptors (Lipinski definition) is 1. The molecule has 2 rings (SSSR count). The van der Waals surface area contributed by atoms with Crippen molar-refractivity contribution in [1.29, 1.82) is 0 Å². The summed E-state index contributed by atoms with van der Waals surface area (Å²) in [5, 5.41) is 3.55. The van der Waals surface area contributed by atoms with E-state index in [1.54, 1.807) is 0 Å². The monoisotopic (exact) mass is 245 g/mol. The van der Waals surface area contributed by atoms with Crippen LogP contribution in [0.1, 0.15) is 39.2 Å². The van der Waals surface area contributed by atoms with Crippen molar-refractivity contribution < 1.29 is 0 Å². The van der Waals surface area contributed by atoms with Gasteiger partial charge < -0.3 is 5.32 Å². The summed E-state index contributed by atoms with van der Waals surface area (Å²) in [7, 11) is 4.50. The van der Waals surface area contributed by atoms with Gasteiger partial charge in [0.25, 0.3) is 0 Å². The van der Waals surface area contributed by atoms with Crippen molar-refractivity contribution in [2.45, 2.75) is 52.9 Å². The quantitative estimate of drug-likeness (QED) is 0.780. The Morgan fingerprint density at radius 3 is 2.22 bits per heavy atom. The molecule has 1 fully saturated rings. The minimum absolute atomic E-state index is 0.724. The molecule has 18 heavy (non-hydrogen) atoms. The Kier molecular flexibility index (Phi) is 10.9. The zero-order valence-corrected chi connectivity index (χ0v) is 12.4. The third kappa shape index (κ3) is 6.85. The Bertz CT molecular complexity index is 266. The zero-order valence-electron chi connectivity index (χ0n) is 12.4. The van der Waals surface area contributed by atoms with E-state index in [0.29, 0.717) is 0 Å². The topological polar surface area (TPSA) is 12.0 Å². The van der Waals surface area contributed by atoms with Gasteiger partial charge in [-0.25, -0.2) is 0 Å². The summed E-state index contributed by atoms with van der Waals surface area (Å²) in [5.41, 5.74) is 1.48. The molecule has 1 nitrogen and oxygen atoms in total. The molecule has 0 aromatic heterocycles. The molecule has 0 spiro atoms. The SMILES string of the molecule is CC.CC1CCC(Cc2ccccc2)CN1.[B]C. The summed E-state index contributed by atoms with van der Waals surface area (Å²) >= 11 is 0. The van der Waals surface area contributed by atoms with Crippen molar-refractivity contribution in [2.75, 3.05) is 6.54 Å². The molecule has 0 bridgehead atoms. The van der Waals surface area contributed by atoms with E-state index in [0.717, 1.165) is 12.0 Å². The lowest BCUT2D eigenvalue weighted by atomic mass is 9.90. The van der Waals surface area contributed by atoms with E-state index < -0.39 is 0 Å². The van der Waals surface area contributed by atoms with Crippen LogP contribution in [0.15, 0.2) is 30.3 Å². The second-order valence-corrected chi connectivity index (χ2v) is 4.44. The van der Waals surface area contributed by atoms with Gasteiger partial charge in [0.2, 0.25) is 0 Å². The van der Waals surface area contributed by atoms with Gasteiger partial charge in [0.05, 0.1) is 7.85 Å². The van der Waals surface area contributed by atoms with Crippen LogP contribution in [0.3, 0.4) is 0 Å². The van der Waals surface area contributed by atoms with Gasteiger partial charge in [-0.1, -0.05) is 51.0 Å². The Morgan fingerprint density at radius 2 is 1.72 bits per heavy atom. The first-order valence-electron chi connectivity index (χ1n) is 7.19. The van der Waals surface area contributed by atoms with Crippen molar-refractivity contribution in [3.8, 4) is 0 Å². The average molecular weight is 245 g/mol. The van der Waals surface area contributed by atoms with E-state index in [1.807, 2.05) is 13.8 Å². The second-order valence-electron chi connectivity index (χ2n) is 4.44. The molecule has 1 aromatic carbocycles. The molecule has 0 aliphatic carbocycles. The molecule has 1 saturated heterocycles. The molecule has 2 atom stereocenters. The summed E-state index contributed by atoms with van der Waals surface area (Å²) in [6.45, 7) is 8.97. The molecule has 1 aromatic rings. The van der Waals surface area contributed by atoms with Crippen LogP contribution in [0.5, 0.6) is 0 Å². The number of hydrogen-bond donors (Lipinski definition) is 1. The Morgan fingerprint density at radius 1 is 1.11 bits per heavy atom. The molecular formula is C16H28BN. The lowest BCUT2D eigenvalue weighted by molar-refractivity contribution is 0.322. The van der Waals surface area contributed by atoms with Crippen molar-refractivity contribution in [2.24, 2.45) is 5.92 Å². The fourth-order valence-corrected chi connectivity index (χ4v) is 2.18. The first-order chi connectivity index (χ1) is 8.84. The standard InChI is InChI=1S/C13H19N.C2H6.CH3B/c1-11-7-8-13(10-14-11)9-12-5-3-2-4-6-12;2*1-2/h2-6,11,13-14H,7-10H2,1H3;1-2H3;1H3. The third-order valence-corrected chi connectivity index (χ3v) is 3.13. The van der Waals surface area contributed by atoms with Gasteiger partial charge in [-0.15, -0.1) is 0 Å². The number of rotatable bonds is 2. The maximum absolute atomic E-state index is 4.50. The van der Waals surface area contributed by atoms with Crippen LogP contribution in [-0.2, 0) is 6.42 Å². The number of piperidine rings is 1. The summed E-state index contributed by atoms with van der Waals surface area (Å²) in [6, 6.07) is 11.5. The van der Waals surface area contributed by atoms with Crippen molar-refractivity contribution in [1.82, 2.24) is 5.32 Å². The van der Waals surface area contributed by atoms with Gasteiger partial charge >= 0.3 is 0 Å². The van der Waals surface area contributed by atoms with E-state index in [-0.39, 0.29) is 0 Å². The summed E-state index contributed by atoms with van der Waals surface area (Å²) in [5.74, 6) is 0.841. The van der Waals surface area contributed by atoms with E-state index in [9.17, 15) is 0 Å². The molecule has 0 saturated carbocycles. The van der Waals surface area contributed by atoms with Crippen LogP contribution in [-0.4, -0.2) is 20.4 Å². The molecule has 2 unspecified atom stereocenters. The molecule has 1 heterocycles. The first-order valence-corrected chi connectivity index (χ1v) is 7.19. The third-order valence-electron chi connectivity index (χ3n) is 3.13. The molecule has 2 radical (unpaired) electrons. The Balaban J connectivity index is 0.000000659. The van der Waals surface area contributed by atoms with Crippen molar-refractivity contribution in [3.05, 3.63) is 35.9 Å². The highest BCUT2D eigenvalue weighted by Crippen LogP contribution is 2.18. The molecule has 0 amide bonds. The maximum Gasteiger partial charge on any atom is 0.0606 e. The fourth-order valence-electron chi connectivity index (χ4n) is 2.18. The van der Waals surface area contributed by atoms with E-state index in [4.69, 9.17) is 0 Å². The molecular weight excluding hydrogens is 217 g/mol. The largest absolute Gasteiger partial charge is 0.314 e. The van der Waals surface area contributed by atoms with E-state index in [1.165, 1.54) is 38.2 Å². The van der Waals surface area contributed by atoms with Crippen molar-refractivity contribution in [3.63, 3.8) is 0 Å². The first kappa shape index (κ1) is 17.2. The van der Waals surface area contributed by atoms with Crippen LogP contribution < -0.4 is 5.32 Å². The van der Waals surface area contributed by atoms with Crippen LogP contribution in [0.4, 0.5) is 0 Å². The molecule has 1 aliphatic heterocycles. The normalized spacial score (nSPS) is 22.0. The fraction of sp³-hybridized carbons (Fsp3) is 0.625. The van der Waals surface area contributed by atoms with Crippen molar-refractivity contribution >= 4 is 7.85 Å². The van der Waals surface area contributed by atoms with Crippen LogP contribution in [0.25, 0.3) is 0 Å². The van der Waals surface area contributed by atoms with Gasteiger partial charge in [0.15, 0.2) is 0 Å².